The minimum absolute atomic E-state index is 0.161. The molecule has 0 spiro atoms. The summed E-state index contributed by atoms with van der Waals surface area (Å²) >= 11 is 0. The lowest BCUT2D eigenvalue weighted by atomic mass is 10.1. The topological polar surface area (TPSA) is 46.3 Å². The number of nitrogens with two attached hydrogens (primary N) is 1. The van der Waals surface area contributed by atoms with Gasteiger partial charge >= 0.3 is 0 Å². The molecule has 0 bridgehead atoms. The Kier molecular flexibility index (Phi) is 6.72. The van der Waals surface area contributed by atoms with Crippen molar-refractivity contribution in [1.29, 1.82) is 0 Å². The van der Waals surface area contributed by atoms with Crippen LogP contribution in [0.4, 0.5) is 5.69 Å². The van der Waals surface area contributed by atoms with Crippen molar-refractivity contribution >= 4 is 11.6 Å². The standard InChI is InChI=1S/C16H24N2O/c1-3-4-5-6-7-12-18(2)16(19)13-14-8-10-15(17)11-9-14/h3,8-11H,1,4-7,12-13,17H2,2H3. The van der Waals surface area contributed by atoms with E-state index in [-0.39, 0.29) is 5.91 Å². The van der Waals surface area contributed by atoms with Gasteiger partial charge in [-0.25, -0.2) is 0 Å². The van der Waals surface area contributed by atoms with Crippen molar-refractivity contribution in [3.05, 3.63) is 42.5 Å². The molecule has 1 rings (SSSR count). The second-order valence-electron chi connectivity index (χ2n) is 4.87. The molecule has 2 N–H and O–H groups in total. The van der Waals surface area contributed by atoms with Crippen molar-refractivity contribution in [3.63, 3.8) is 0 Å². The van der Waals surface area contributed by atoms with Gasteiger partial charge < -0.3 is 10.6 Å². The molecule has 0 unspecified atom stereocenters. The van der Waals surface area contributed by atoms with Crippen molar-refractivity contribution in [1.82, 2.24) is 4.90 Å². The van der Waals surface area contributed by atoms with Crippen LogP contribution in [0.1, 0.15) is 31.2 Å². The van der Waals surface area contributed by atoms with Crippen LogP contribution in [-0.2, 0) is 11.2 Å². The zero-order chi connectivity index (χ0) is 14.1. The second-order valence-corrected chi connectivity index (χ2v) is 4.87. The number of nitrogen functional groups attached to an aromatic ring is 1. The van der Waals surface area contributed by atoms with Crippen LogP contribution in [0.2, 0.25) is 0 Å². The number of nitrogens with zero attached hydrogens (tertiary/aromatic N) is 1. The lowest BCUT2D eigenvalue weighted by Gasteiger charge is -2.17. The maximum absolute atomic E-state index is 12.0. The SMILES string of the molecule is C=CCCCCCN(C)C(=O)Cc1ccc(N)cc1. The molecule has 0 aliphatic rings. The fourth-order valence-corrected chi connectivity index (χ4v) is 1.88. The molecule has 104 valence electrons. The zero-order valence-corrected chi connectivity index (χ0v) is 11.8. The Morgan fingerprint density at radius 2 is 1.95 bits per heavy atom. The number of allylic oxidation sites excluding steroid dienone is 1. The summed E-state index contributed by atoms with van der Waals surface area (Å²) in [4.78, 5) is 13.8. The Hall–Kier alpha value is -1.77. The van der Waals surface area contributed by atoms with E-state index in [4.69, 9.17) is 5.73 Å². The van der Waals surface area contributed by atoms with Gasteiger partial charge in [0, 0.05) is 19.3 Å². The first kappa shape index (κ1) is 15.3. The van der Waals surface area contributed by atoms with Gasteiger partial charge in [-0.2, -0.15) is 0 Å². The molecule has 0 saturated carbocycles. The lowest BCUT2D eigenvalue weighted by Crippen LogP contribution is -2.29. The molecule has 0 aliphatic carbocycles. The van der Waals surface area contributed by atoms with E-state index in [0.717, 1.165) is 43.5 Å². The number of rotatable bonds is 8. The van der Waals surface area contributed by atoms with Crippen molar-refractivity contribution in [2.24, 2.45) is 0 Å². The molecule has 0 aliphatic heterocycles. The highest BCUT2D eigenvalue weighted by atomic mass is 16.2. The third-order valence-corrected chi connectivity index (χ3v) is 3.16. The lowest BCUT2D eigenvalue weighted by molar-refractivity contribution is -0.129. The summed E-state index contributed by atoms with van der Waals surface area (Å²) in [5, 5.41) is 0. The van der Waals surface area contributed by atoms with E-state index >= 15 is 0 Å². The molecule has 0 radical (unpaired) electrons. The highest BCUT2D eigenvalue weighted by Crippen LogP contribution is 2.08. The Bertz CT molecular complexity index is 398. The van der Waals surface area contributed by atoms with Crippen LogP contribution in [0.25, 0.3) is 0 Å². The molecule has 0 heterocycles. The van der Waals surface area contributed by atoms with Gasteiger partial charge in [-0.1, -0.05) is 24.6 Å². The summed E-state index contributed by atoms with van der Waals surface area (Å²) in [6.07, 6.45) is 6.80. The maximum Gasteiger partial charge on any atom is 0.226 e. The third-order valence-electron chi connectivity index (χ3n) is 3.16. The van der Waals surface area contributed by atoms with Crippen LogP contribution < -0.4 is 5.73 Å². The fourth-order valence-electron chi connectivity index (χ4n) is 1.88. The van der Waals surface area contributed by atoms with Gasteiger partial charge in [0.25, 0.3) is 0 Å². The van der Waals surface area contributed by atoms with Crippen LogP contribution in [0.3, 0.4) is 0 Å². The smallest absolute Gasteiger partial charge is 0.226 e. The van der Waals surface area contributed by atoms with Crippen LogP contribution in [0, 0.1) is 0 Å². The highest BCUT2D eigenvalue weighted by molar-refractivity contribution is 5.78. The van der Waals surface area contributed by atoms with Gasteiger partial charge in [-0.3, -0.25) is 4.79 Å². The second kappa shape index (κ2) is 8.35. The average molecular weight is 260 g/mol. The Balaban J connectivity index is 2.28. The van der Waals surface area contributed by atoms with Crippen LogP contribution >= 0.6 is 0 Å². The number of unbranched alkanes of at least 4 members (excludes halogenated alkanes) is 3. The quantitative estimate of drug-likeness (QED) is 0.443. The number of hydrogen-bond donors (Lipinski definition) is 1. The molecule has 0 saturated heterocycles. The van der Waals surface area contributed by atoms with Gasteiger partial charge in [0.1, 0.15) is 0 Å². The third kappa shape index (κ3) is 6.09. The largest absolute Gasteiger partial charge is 0.399 e. The maximum atomic E-state index is 12.0. The molecule has 1 aromatic rings. The normalized spacial score (nSPS) is 10.2. The van der Waals surface area contributed by atoms with E-state index < -0.39 is 0 Å². The van der Waals surface area contributed by atoms with Gasteiger partial charge in [-0.15, -0.1) is 6.58 Å². The Labute approximate surface area is 116 Å². The number of amides is 1. The first-order chi connectivity index (χ1) is 9.13. The van der Waals surface area contributed by atoms with Crippen LogP contribution in [-0.4, -0.2) is 24.4 Å². The molecular formula is C16H24N2O. The van der Waals surface area contributed by atoms with Gasteiger partial charge in [0.15, 0.2) is 0 Å². The van der Waals surface area contributed by atoms with Crippen molar-refractivity contribution < 1.29 is 4.79 Å². The minimum atomic E-state index is 0.161. The van der Waals surface area contributed by atoms with E-state index in [1.807, 2.05) is 42.3 Å². The van der Waals surface area contributed by atoms with E-state index in [1.54, 1.807) is 0 Å². The predicted octanol–water partition coefficient (Wildman–Crippen LogP) is 3.02. The van der Waals surface area contributed by atoms with E-state index in [0.29, 0.717) is 6.42 Å². The first-order valence-corrected chi connectivity index (χ1v) is 6.82. The first-order valence-electron chi connectivity index (χ1n) is 6.82. The van der Waals surface area contributed by atoms with Gasteiger partial charge in [-0.05, 0) is 37.0 Å². The summed E-state index contributed by atoms with van der Waals surface area (Å²) in [6.45, 7) is 4.53. The summed E-state index contributed by atoms with van der Waals surface area (Å²) in [7, 11) is 1.87. The minimum Gasteiger partial charge on any atom is -0.399 e. The van der Waals surface area contributed by atoms with Crippen molar-refractivity contribution in [2.75, 3.05) is 19.3 Å². The summed E-state index contributed by atoms with van der Waals surface area (Å²) in [5.74, 6) is 0.161. The molecule has 3 heteroatoms. The van der Waals surface area contributed by atoms with Gasteiger partial charge in [0.2, 0.25) is 5.91 Å². The number of carbonyl (C=O) groups excluding carboxylic acids is 1. The molecule has 0 atom stereocenters. The predicted molar refractivity (Wildman–Crippen MR) is 80.9 cm³/mol. The van der Waals surface area contributed by atoms with E-state index in [2.05, 4.69) is 6.58 Å². The molecule has 19 heavy (non-hydrogen) atoms. The Morgan fingerprint density at radius 3 is 2.58 bits per heavy atom. The Morgan fingerprint density at radius 1 is 1.26 bits per heavy atom. The van der Waals surface area contributed by atoms with E-state index in [9.17, 15) is 4.79 Å². The summed E-state index contributed by atoms with van der Waals surface area (Å²) < 4.78 is 0. The number of hydrogen-bond acceptors (Lipinski definition) is 2. The number of benzene rings is 1. The van der Waals surface area contributed by atoms with Crippen LogP contribution in [0.5, 0.6) is 0 Å². The average Bonchev–Trinajstić information content (AvgIpc) is 2.41. The number of anilines is 1. The number of carbonyl (C=O) groups is 1. The van der Waals surface area contributed by atoms with Crippen molar-refractivity contribution in [3.8, 4) is 0 Å². The molecule has 0 aromatic heterocycles. The summed E-state index contributed by atoms with van der Waals surface area (Å²) in [5.41, 5.74) is 7.36. The summed E-state index contributed by atoms with van der Waals surface area (Å²) in [6, 6.07) is 7.48. The molecular weight excluding hydrogens is 236 g/mol. The molecule has 1 aromatic carbocycles. The van der Waals surface area contributed by atoms with Gasteiger partial charge in [0.05, 0.1) is 6.42 Å². The van der Waals surface area contributed by atoms with Crippen LogP contribution in [0.15, 0.2) is 36.9 Å². The molecule has 1 amide bonds. The zero-order valence-electron chi connectivity index (χ0n) is 11.8. The number of likely N-dealkylation sites (N-methyl/N-ethyl adjacent to an activating group) is 1. The highest BCUT2D eigenvalue weighted by Gasteiger charge is 2.08. The fraction of sp³-hybridized carbons (Fsp3) is 0.438. The van der Waals surface area contributed by atoms with E-state index in [1.165, 1.54) is 0 Å². The molecule has 0 fully saturated rings. The monoisotopic (exact) mass is 260 g/mol. The molecule has 3 nitrogen and oxygen atoms in total. The van der Waals surface area contributed by atoms with Crippen molar-refractivity contribution in [2.45, 2.75) is 32.1 Å².